The molecule has 0 unspecified atom stereocenters. The Morgan fingerprint density at radius 2 is 1.82 bits per heavy atom. The maximum atomic E-state index is 10.7. The van der Waals surface area contributed by atoms with E-state index in [1.807, 2.05) is 20.8 Å². The number of carbonyl (C=O) groups is 2. The minimum atomic E-state index is -1.33. The Morgan fingerprint density at radius 1 is 1.36 bits per heavy atom. The highest BCUT2D eigenvalue weighted by atomic mass is 16.4. The van der Waals surface area contributed by atoms with Crippen molar-refractivity contribution in [1.29, 1.82) is 0 Å². The van der Waals surface area contributed by atoms with Crippen molar-refractivity contribution in [3.05, 3.63) is 0 Å². The van der Waals surface area contributed by atoms with Gasteiger partial charge in [-0.3, -0.25) is 4.79 Å². The largest absolute Gasteiger partial charge is 0.476 e. The maximum Gasteiger partial charge on any atom is 0.372 e. The molecule has 0 aromatic heterocycles. The lowest BCUT2D eigenvalue weighted by molar-refractivity contribution is -0.150. The van der Waals surface area contributed by atoms with Gasteiger partial charge in [0.05, 0.1) is 0 Å². The van der Waals surface area contributed by atoms with E-state index in [9.17, 15) is 9.59 Å². The summed E-state index contributed by atoms with van der Waals surface area (Å²) >= 11 is 0. The van der Waals surface area contributed by atoms with Gasteiger partial charge in [0.25, 0.3) is 0 Å². The number of aliphatic carboxylic acids is 1. The molecule has 3 nitrogen and oxygen atoms in total. The zero-order valence-electron chi connectivity index (χ0n) is 7.18. The molecule has 0 aromatic rings. The molecule has 0 atom stereocenters. The Morgan fingerprint density at radius 3 is 2.09 bits per heavy atom. The summed E-state index contributed by atoms with van der Waals surface area (Å²) in [6, 6.07) is 0. The molecule has 0 aliphatic heterocycles. The van der Waals surface area contributed by atoms with Crippen LogP contribution in [0.3, 0.4) is 0 Å². The minimum Gasteiger partial charge on any atom is -0.476 e. The molecule has 11 heavy (non-hydrogen) atoms. The average molecular weight is 158 g/mol. The lowest BCUT2D eigenvalue weighted by atomic mass is 9.85. The van der Waals surface area contributed by atoms with Gasteiger partial charge in [-0.05, 0) is 5.41 Å². The highest BCUT2D eigenvalue weighted by molar-refractivity contribution is 6.32. The van der Waals surface area contributed by atoms with Crippen LogP contribution in [-0.2, 0) is 9.59 Å². The number of rotatable bonds is 4. The van der Waals surface area contributed by atoms with Crippen molar-refractivity contribution in [2.45, 2.75) is 33.6 Å². The Hall–Kier alpha value is -0.860. The molecule has 0 bridgehead atoms. The number of carboxylic acid groups (broad SMARTS) is 1. The number of hydrogen-bond donors (Lipinski definition) is 1. The van der Waals surface area contributed by atoms with Crippen molar-refractivity contribution in [2.24, 2.45) is 5.41 Å². The van der Waals surface area contributed by atoms with E-state index in [2.05, 4.69) is 0 Å². The van der Waals surface area contributed by atoms with Gasteiger partial charge in [0.15, 0.2) is 0 Å². The molecule has 0 amide bonds. The third kappa shape index (κ3) is 3.75. The molecule has 0 radical (unpaired) electrons. The molecular formula is C8H14O3. The molecule has 64 valence electrons. The quantitative estimate of drug-likeness (QED) is 0.630. The van der Waals surface area contributed by atoms with E-state index in [1.165, 1.54) is 0 Å². The summed E-state index contributed by atoms with van der Waals surface area (Å²) in [5.74, 6) is -2.02. The third-order valence-corrected chi connectivity index (χ3v) is 1.83. The van der Waals surface area contributed by atoms with Crippen LogP contribution < -0.4 is 0 Å². The number of ketones is 1. The third-order valence-electron chi connectivity index (χ3n) is 1.83. The van der Waals surface area contributed by atoms with E-state index in [-0.39, 0.29) is 11.8 Å². The SMILES string of the molecule is CCC(C)(C)CC(=O)C(=O)O. The van der Waals surface area contributed by atoms with E-state index in [4.69, 9.17) is 5.11 Å². The van der Waals surface area contributed by atoms with Crippen molar-refractivity contribution in [3.63, 3.8) is 0 Å². The van der Waals surface area contributed by atoms with Crippen molar-refractivity contribution in [3.8, 4) is 0 Å². The van der Waals surface area contributed by atoms with Gasteiger partial charge in [-0.1, -0.05) is 27.2 Å². The number of carbonyl (C=O) groups excluding carboxylic acids is 1. The molecule has 0 aliphatic rings. The molecule has 0 spiro atoms. The van der Waals surface area contributed by atoms with Gasteiger partial charge in [-0.2, -0.15) is 0 Å². The summed E-state index contributed by atoms with van der Waals surface area (Å²) in [5.41, 5.74) is -0.185. The standard InChI is InChI=1S/C8H14O3/c1-4-8(2,3)5-6(9)7(10)11/h4-5H2,1-3H3,(H,10,11). The van der Waals surface area contributed by atoms with Gasteiger partial charge in [0.1, 0.15) is 0 Å². The van der Waals surface area contributed by atoms with Gasteiger partial charge in [-0.15, -0.1) is 0 Å². The molecule has 1 N–H and O–H groups in total. The van der Waals surface area contributed by atoms with Crippen LogP contribution in [0.4, 0.5) is 0 Å². The van der Waals surface area contributed by atoms with E-state index in [0.717, 1.165) is 6.42 Å². The molecule has 0 saturated heterocycles. The summed E-state index contributed by atoms with van der Waals surface area (Å²) in [4.78, 5) is 20.9. The van der Waals surface area contributed by atoms with E-state index < -0.39 is 11.8 Å². The fourth-order valence-corrected chi connectivity index (χ4v) is 0.635. The Labute approximate surface area is 66.4 Å². The first kappa shape index (κ1) is 10.1. The number of Topliss-reactive ketones (excluding diaryl/α,β-unsaturated/α-hetero) is 1. The van der Waals surface area contributed by atoms with Crippen LogP contribution in [0, 0.1) is 5.41 Å². The van der Waals surface area contributed by atoms with Crippen molar-refractivity contribution in [1.82, 2.24) is 0 Å². The number of hydrogen-bond acceptors (Lipinski definition) is 2. The molecule has 0 rings (SSSR count). The van der Waals surface area contributed by atoms with Crippen molar-refractivity contribution in [2.75, 3.05) is 0 Å². The lowest BCUT2D eigenvalue weighted by Crippen LogP contribution is -2.21. The molecule has 0 saturated carbocycles. The maximum absolute atomic E-state index is 10.7. The van der Waals surface area contributed by atoms with Crippen molar-refractivity contribution >= 4 is 11.8 Å². The highest BCUT2D eigenvalue weighted by Gasteiger charge is 2.23. The minimum absolute atomic E-state index is 0.124. The van der Waals surface area contributed by atoms with Gasteiger partial charge in [-0.25, -0.2) is 4.79 Å². The summed E-state index contributed by atoms with van der Waals surface area (Å²) in [6.07, 6.45) is 0.935. The van der Waals surface area contributed by atoms with Gasteiger partial charge in [0.2, 0.25) is 5.78 Å². The topological polar surface area (TPSA) is 54.4 Å². The highest BCUT2D eigenvalue weighted by Crippen LogP contribution is 2.24. The molecule has 0 aliphatic carbocycles. The summed E-state index contributed by atoms with van der Waals surface area (Å²) < 4.78 is 0. The Bertz CT molecular complexity index is 170. The predicted octanol–water partition coefficient (Wildman–Crippen LogP) is 1.47. The van der Waals surface area contributed by atoms with Crippen LogP contribution in [0.1, 0.15) is 33.6 Å². The first-order chi connectivity index (χ1) is 4.89. The van der Waals surface area contributed by atoms with Crippen LogP contribution in [0.15, 0.2) is 0 Å². The normalized spacial score (nSPS) is 11.2. The second kappa shape index (κ2) is 3.51. The van der Waals surface area contributed by atoms with Gasteiger partial charge >= 0.3 is 5.97 Å². The van der Waals surface area contributed by atoms with E-state index in [1.54, 1.807) is 0 Å². The fourth-order valence-electron chi connectivity index (χ4n) is 0.635. The molecule has 3 heteroatoms. The number of carboxylic acids is 1. The van der Waals surface area contributed by atoms with Crippen LogP contribution in [0.2, 0.25) is 0 Å². The Kier molecular flexibility index (Phi) is 3.23. The van der Waals surface area contributed by atoms with Crippen molar-refractivity contribution < 1.29 is 14.7 Å². The van der Waals surface area contributed by atoms with Crippen LogP contribution in [-0.4, -0.2) is 16.9 Å². The summed E-state index contributed by atoms with van der Waals surface area (Å²) in [5, 5.41) is 8.29. The second-order valence-electron chi connectivity index (χ2n) is 3.42. The molecule has 0 aromatic carbocycles. The molecule has 0 heterocycles. The first-order valence-electron chi connectivity index (χ1n) is 3.65. The van der Waals surface area contributed by atoms with Crippen LogP contribution in [0.25, 0.3) is 0 Å². The molecule has 0 fully saturated rings. The summed E-state index contributed by atoms with van der Waals surface area (Å²) in [6.45, 7) is 5.71. The molecular weight excluding hydrogens is 144 g/mol. The van der Waals surface area contributed by atoms with Gasteiger partial charge < -0.3 is 5.11 Å². The van der Waals surface area contributed by atoms with Gasteiger partial charge in [0, 0.05) is 6.42 Å². The first-order valence-corrected chi connectivity index (χ1v) is 3.65. The Balaban J connectivity index is 4.04. The lowest BCUT2D eigenvalue weighted by Gasteiger charge is -2.19. The summed E-state index contributed by atoms with van der Waals surface area (Å²) in [7, 11) is 0. The predicted molar refractivity (Wildman–Crippen MR) is 41.3 cm³/mol. The zero-order valence-corrected chi connectivity index (χ0v) is 7.18. The van der Waals surface area contributed by atoms with Crippen LogP contribution >= 0.6 is 0 Å². The average Bonchev–Trinajstić information content (AvgIpc) is 1.87. The second-order valence-corrected chi connectivity index (χ2v) is 3.42. The smallest absolute Gasteiger partial charge is 0.372 e. The fraction of sp³-hybridized carbons (Fsp3) is 0.750. The van der Waals surface area contributed by atoms with Crippen LogP contribution in [0.5, 0.6) is 0 Å². The van der Waals surface area contributed by atoms with E-state index in [0.29, 0.717) is 0 Å². The van der Waals surface area contributed by atoms with E-state index >= 15 is 0 Å². The monoisotopic (exact) mass is 158 g/mol. The zero-order chi connectivity index (χ0) is 9.07.